The van der Waals surface area contributed by atoms with Gasteiger partial charge in [-0.15, -0.1) is 24.0 Å². The topological polar surface area (TPSA) is 70.6 Å². The summed E-state index contributed by atoms with van der Waals surface area (Å²) >= 11 is 0. The summed E-state index contributed by atoms with van der Waals surface area (Å²) in [6.45, 7) is 0.614. The largest absolute Gasteiger partial charge is 0.355 e. The standard InChI is InChI=1S/C17H20FN3O2S.HI/c1-19-17(21-13-14-6-5-7-15(18)12-14)20-10-11-24(22,23)16-8-3-2-4-9-16;/h2-9,12H,10-11,13H2,1H3,(H2,19,20,21);1H. The Morgan fingerprint density at radius 3 is 2.44 bits per heavy atom. The van der Waals surface area contributed by atoms with Crippen LogP contribution in [0.2, 0.25) is 0 Å². The molecule has 2 aromatic carbocycles. The van der Waals surface area contributed by atoms with Gasteiger partial charge < -0.3 is 10.6 Å². The molecule has 0 atom stereocenters. The fourth-order valence-electron chi connectivity index (χ4n) is 2.10. The molecule has 8 heteroatoms. The summed E-state index contributed by atoms with van der Waals surface area (Å²) in [7, 11) is -1.74. The minimum absolute atomic E-state index is 0. The molecule has 0 heterocycles. The molecular weight excluding hydrogens is 456 g/mol. The first kappa shape index (κ1) is 21.4. The fourth-order valence-corrected chi connectivity index (χ4v) is 3.28. The molecular formula is C17H21FIN3O2S. The van der Waals surface area contributed by atoms with Gasteiger partial charge >= 0.3 is 0 Å². The van der Waals surface area contributed by atoms with Crippen molar-refractivity contribution >= 4 is 39.8 Å². The number of halogens is 2. The van der Waals surface area contributed by atoms with Crippen LogP contribution in [0.5, 0.6) is 0 Å². The number of benzene rings is 2. The van der Waals surface area contributed by atoms with Crippen molar-refractivity contribution in [3.8, 4) is 0 Å². The first-order valence-corrected chi connectivity index (χ1v) is 9.13. The molecule has 2 aromatic rings. The predicted molar refractivity (Wildman–Crippen MR) is 109 cm³/mol. The molecule has 0 aliphatic carbocycles. The molecule has 2 N–H and O–H groups in total. The van der Waals surface area contributed by atoms with E-state index in [1.54, 1.807) is 49.5 Å². The highest BCUT2D eigenvalue weighted by molar-refractivity contribution is 14.0. The van der Waals surface area contributed by atoms with Crippen molar-refractivity contribution in [2.45, 2.75) is 11.4 Å². The molecule has 0 fully saturated rings. The van der Waals surface area contributed by atoms with E-state index in [1.165, 1.54) is 12.1 Å². The highest BCUT2D eigenvalue weighted by Crippen LogP contribution is 2.09. The zero-order valence-electron chi connectivity index (χ0n) is 13.8. The normalized spacial score (nSPS) is 11.5. The highest BCUT2D eigenvalue weighted by Gasteiger charge is 2.13. The number of rotatable bonds is 6. The number of sulfone groups is 1. The molecule has 0 aromatic heterocycles. The number of guanidine groups is 1. The Morgan fingerprint density at radius 2 is 1.80 bits per heavy atom. The fraction of sp³-hybridized carbons (Fsp3) is 0.235. The molecule has 0 spiro atoms. The summed E-state index contributed by atoms with van der Waals surface area (Å²) < 4.78 is 37.5. The third-order valence-electron chi connectivity index (χ3n) is 3.34. The lowest BCUT2D eigenvalue weighted by Gasteiger charge is -2.12. The molecule has 0 aliphatic rings. The van der Waals surface area contributed by atoms with E-state index in [4.69, 9.17) is 0 Å². The number of aliphatic imine (C=N–C) groups is 1. The molecule has 25 heavy (non-hydrogen) atoms. The van der Waals surface area contributed by atoms with Gasteiger partial charge in [-0.25, -0.2) is 12.8 Å². The summed E-state index contributed by atoms with van der Waals surface area (Å²) in [5.74, 6) is 0.117. The SMILES string of the molecule is CN=C(NCCS(=O)(=O)c1ccccc1)NCc1cccc(F)c1.I. The van der Waals surface area contributed by atoms with E-state index in [9.17, 15) is 12.8 Å². The summed E-state index contributed by atoms with van der Waals surface area (Å²) in [4.78, 5) is 4.32. The molecule has 5 nitrogen and oxygen atoms in total. The molecule has 0 saturated heterocycles. The van der Waals surface area contributed by atoms with Crippen LogP contribution in [0.1, 0.15) is 5.56 Å². The van der Waals surface area contributed by atoms with E-state index in [0.29, 0.717) is 17.4 Å². The van der Waals surface area contributed by atoms with Crippen LogP contribution in [0.4, 0.5) is 4.39 Å². The second-order valence-electron chi connectivity index (χ2n) is 5.11. The zero-order valence-corrected chi connectivity index (χ0v) is 16.9. The third kappa shape index (κ3) is 6.99. The Hall–Kier alpha value is -1.68. The number of nitrogens with one attached hydrogen (secondary N) is 2. The van der Waals surface area contributed by atoms with Crippen molar-refractivity contribution in [2.24, 2.45) is 4.99 Å². The van der Waals surface area contributed by atoms with Gasteiger partial charge in [-0.2, -0.15) is 0 Å². The van der Waals surface area contributed by atoms with E-state index in [-0.39, 0.29) is 42.1 Å². The monoisotopic (exact) mass is 477 g/mol. The van der Waals surface area contributed by atoms with Gasteiger partial charge in [-0.1, -0.05) is 30.3 Å². The van der Waals surface area contributed by atoms with Crippen molar-refractivity contribution < 1.29 is 12.8 Å². The van der Waals surface area contributed by atoms with Crippen LogP contribution < -0.4 is 10.6 Å². The van der Waals surface area contributed by atoms with Gasteiger partial charge in [0, 0.05) is 20.1 Å². The van der Waals surface area contributed by atoms with Crippen LogP contribution >= 0.6 is 24.0 Å². The highest BCUT2D eigenvalue weighted by atomic mass is 127. The average Bonchev–Trinajstić information content (AvgIpc) is 2.58. The number of hydrogen-bond acceptors (Lipinski definition) is 3. The Bertz CT molecular complexity index is 799. The van der Waals surface area contributed by atoms with Gasteiger partial charge in [0.25, 0.3) is 0 Å². The summed E-state index contributed by atoms with van der Waals surface area (Å²) in [5.41, 5.74) is 0.773. The van der Waals surface area contributed by atoms with Crippen LogP contribution in [0, 0.1) is 5.82 Å². The maximum absolute atomic E-state index is 13.1. The molecule has 136 valence electrons. The average molecular weight is 477 g/mol. The minimum atomic E-state index is -3.33. The summed E-state index contributed by atoms with van der Waals surface area (Å²) in [6.07, 6.45) is 0. The second-order valence-corrected chi connectivity index (χ2v) is 7.22. The van der Waals surface area contributed by atoms with Crippen molar-refractivity contribution in [1.82, 2.24) is 10.6 Å². The molecule has 0 unspecified atom stereocenters. The molecule has 0 saturated carbocycles. The Balaban J connectivity index is 0.00000312. The predicted octanol–water partition coefficient (Wildman–Crippen LogP) is 2.58. The van der Waals surface area contributed by atoms with Gasteiger partial charge in [-0.3, -0.25) is 4.99 Å². The van der Waals surface area contributed by atoms with Crippen molar-refractivity contribution in [3.05, 3.63) is 66.0 Å². The Morgan fingerprint density at radius 1 is 1.08 bits per heavy atom. The second kappa shape index (κ2) is 10.3. The van der Waals surface area contributed by atoms with Crippen molar-refractivity contribution in [1.29, 1.82) is 0 Å². The zero-order chi connectivity index (χ0) is 17.4. The minimum Gasteiger partial charge on any atom is -0.355 e. The maximum atomic E-state index is 13.1. The molecule has 0 radical (unpaired) electrons. The summed E-state index contributed by atoms with van der Waals surface area (Å²) in [5, 5.41) is 5.96. The van der Waals surface area contributed by atoms with Gasteiger partial charge in [0.1, 0.15) is 5.82 Å². The Kier molecular flexibility index (Phi) is 8.84. The first-order valence-electron chi connectivity index (χ1n) is 7.48. The van der Waals surface area contributed by atoms with Crippen LogP contribution in [-0.4, -0.2) is 33.7 Å². The van der Waals surface area contributed by atoms with Crippen LogP contribution in [-0.2, 0) is 16.4 Å². The van der Waals surface area contributed by atoms with Crippen LogP contribution in [0.3, 0.4) is 0 Å². The van der Waals surface area contributed by atoms with Crippen molar-refractivity contribution in [3.63, 3.8) is 0 Å². The molecule has 0 amide bonds. The van der Waals surface area contributed by atoms with E-state index < -0.39 is 9.84 Å². The van der Waals surface area contributed by atoms with E-state index in [0.717, 1.165) is 5.56 Å². The summed E-state index contributed by atoms with van der Waals surface area (Å²) in [6, 6.07) is 14.6. The van der Waals surface area contributed by atoms with Gasteiger partial charge in [0.15, 0.2) is 15.8 Å². The molecule has 0 bridgehead atoms. The number of hydrogen-bond donors (Lipinski definition) is 2. The van der Waals surface area contributed by atoms with E-state index in [2.05, 4.69) is 15.6 Å². The van der Waals surface area contributed by atoms with Crippen LogP contribution in [0.25, 0.3) is 0 Å². The van der Waals surface area contributed by atoms with Gasteiger partial charge in [-0.05, 0) is 29.8 Å². The lowest BCUT2D eigenvalue weighted by atomic mass is 10.2. The molecule has 0 aliphatic heterocycles. The first-order chi connectivity index (χ1) is 11.5. The van der Waals surface area contributed by atoms with E-state index in [1.807, 2.05) is 0 Å². The van der Waals surface area contributed by atoms with Crippen LogP contribution in [0.15, 0.2) is 64.5 Å². The quantitative estimate of drug-likeness (QED) is 0.381. The Labute approximate surface area is 164 Å². The van der Waals surface area contributed by atoms with E-state index >= 15 is 0 Å². The van der Waals surface area contributed by atoms with Crippen molar-refractivity contribution in [2.75, 3.05) is 19.3 Å². The van der Waals surface area contributed by atoms with Gasteiger partial charge in [0.2, 0.25) is 0 Å². The van der Waals surface area contributed by atoms with Gasteiger partial charge in [0.05, 0.1) is 10.6 Å². The maximum Gasteiger partial charge on any atom is 0.191 e. The lowest BCUT2D eigenvalue weighted by molar-refractivity contribution is 0.594. The third-order valence-corrected chi connectivity index (χ3v) is 5.07. The molecule has 2 rings (SSSR count). The number of nitrogens with zero attached hydrogens (tertiary/aromatic N) is 1. The smallest absolute Gasteiger partial charge is 0.191 e. The lowest BCUT2D eigenvalue weighted by Crippen LogP contribution is -2.39.